The Bertz CT molecular complexity index is 780. The van der Waals surface area contributed by atoms with E-state index < -0.39 is 0 Å². The minimum absolute atomic E-state index is 0.181. The Morgan fingerprint density at radius 1 is 1.36 bits per heavy atom. The Labute approximate surface area is 150 Å². The molecule has 1 aromatic carbocycles. The van der Waals surface area contributed by atoms with Gasteiger partial charge in [0, 0.05) is 29.9 Å². The van der Waals surface area contributed by atoms with Crippen LogP contribution in [-0.2, 0) is 23.3 Å². The zero-order valence-electron chi connectivity index (χ0n) is 16.0. The van der Waals surface area contributed by atoms with Crippen molar-refractivity contribution >= 4 is 10.9 Å². The Morgan fingerprint density at radius 2 is 2.20 bits per heavy atom. The summed E-state index contributed by atoms with van der Waals surface area (Å²) in [5.41, 5.74) is 4.06. The first-order valence-electron chi connectivity index (χ1n) is 9.61. The average Bonchev–Trinajstić information content (AvgIpc) is 2.91. The lowest BCUT2D eigenvalue weighted by Crippen LogP contribution is -2.48. The molecule has 0 aliphatic carbocycles. The van der Waals surface area contributed by atoms with E-state index >= 15 is 0 Å². The van der Waals surface area contributed by atoms with Crippen molar-refractivity contribution in [3.05, 3.63) is 29.5 Å². The maximum absolute atomic E-state index is 6.43. The molecule has 2 aliphatic rings. The Hall–Kier alpha value is -1.52. The summed E-state index contributed by atoms with van der Waals surface area (Å²) in [6, 6.07) is 6.61. The van der Waals surface area contributed by atoms with E-state index in [0.717, 1.165) is 44.9 Å². The molecule has 1 aromatic heterocycles. The zero-order valence-corrected chi connectivity index (χ0v) is 16.0. The number of aromatic nitrogens is 1. The molecular weight excluding hydrogens is 312 g/mol. The van der Waals surface area contributed by atoms with E-state index in [1.165, 1.54) is 28.6 Å². The van der Waals surface area contributed by atoms with Gasteiger partial charge in [-0.1, -0.05) is 6.92 Å². The van der Waals surface area contributed by atoms with Crippen molar-refractivity contribution in [2.24, 2.45) is 5.92 Å². The highest BCUT2D eigenvalue weighted by Gasteiger charge is 2.46. The average molecular weight is 342 g/mol. The van der Waals surface area contributed by atoms with Crippen LogP contribution >= 0.6 is 0 Å². The highest BCUT2D eigenvalue weighted by Crippen LogP contribution is 2.48. The lowest BCUT2D eigenvalue weighted by atomic mass is 9.77. The summed E-state index contributed by atoms with van der Waals surface area (Å²) < 4.78 is 14.8. The molecule has 0 saturated heterocycles. The van der Waals surface area contributed by atoms with Crippen LogP contribution in [0.5, 0.6) is 5.75 Å². The van der Waals surface area contributed by atoms with Gasteiger partial charge in [-0.2, -0.15) is 0 Å². The Morgan fingerprint density at radius 3 is 2.96 bits per heavy atom. The van der Waals surface area contributed by atoms with E-state index in [1.54, 1.807) is 0 Å². The third-order valence-electron chi connectivity index (χ3n) is 5.90. The van der Waals surface area contributed by atoms with Crippen LogP contribution in [0.1, 0.15) is 37.9 Å². The molecule has 0 radical (unpaired) electrons. The van der Waals surface area contributed by atoms with E-state index in [-0.39, 0.29) is 5.60 Å². The second kappa shape index (κ2) is 6.33. The SMILES string of the molecule is CCCOc1ccc2c(c1)c1c3n2CCC(CN(C)C)C3(C)OCC1. The van der Waals surface area contributed by atoms with E-state index in [0.29, 0.717) is 5.92 Å². The summed E-state index contributed by atoms with van der Waals surface area (Å²) in [4.78, 5) is 2.29. The van der Waals surface area contributed by atoms with Crippen molar-refractivity contribution in [3.8, 4) is 5.75 Å². The first-order valence-corrected chi connectivity index (χ1v) is 9.61. The number of ether oxygens (including phenoxy) is 2. The molecule has 0 amide bonds. The quantitative estimate of drug-likeness (QED) is 0.827. The lowest BCUT2D eigenvalue weighted by Gasteiger charge is -2.46. The molecule has 136 valence electrons. The van der Waals surface area contributed by atoms with Crippen LogP contribution in [0.2, 0.25) is 0 Å². The van der Waals surface area contributed by atoms with Gasteiger partial charge in [0.15, 0.2) is 0 Å². The van der Waals surface area contributed by atoms with Gasteiger partial charge in [0.2, 0.25) is 0 Å². The van der Waals surface area contributed by atoms with Gasteiger partial charge >= 0.3 is 0 Å². The van der Waals surface area contributed by atoms with Gasteiger partial charge in [-0.05, 0) is 64.0 Å². The molecule has 3 heterocycles. The number of fused-ring (bicyclic) bond motifs is 3. The second-order valence-corrected chi connectivity index (χ2v) is 7.96. The molecule has 0 saturated carbocycles. The Kier molecular flexibility index (Phi) is 4.28. The maximum Gasteiger partial charge on any atom is 0.120 e. The van der Waals surface area contributed by atoms with Crippen molar-refractivity contribution in [1.29, 1.82) is 0 Å². The minimum atomic E-state index is -0.181. The summed E-state index contributed by atoms with van der Waals surface area (Å²) in [5.74, 6) is 1.53. The summed E-state index contributed by atoms with van der Waals surface area (Å²) in [5, 5.41) is 1.36. The highest BCUT2D eigenvalue weighted by atomic mass is 16.5. The summed E-state index contributed by atoms with van der Waals surface area (Å²) >= 11 is 0. The standard InChI is InChI=1S/C21H30N2O2/c1-5-11-24-16-6-7-19-18(13-16)17-9-12-25-21(2)15(14-22(3)4)8-10-23(19)20(17)21/h6-7,13,15H,5,8-12,14H2,1-4H3. The summed E-state index contributed by atoms with van der Waals surface area (Å²) in [6.07, 6.45) is 3.20. The number of aryl methyl sites for hydroxylation is 1. The predicted octanol–water partition coefficient (Wildman–Crippen LogP) is 3.80. The van der Waals surface area contributed by atoms with E-state index in [4.69, 9.17) is 9.47 Å². The monoisotopic (exact) mass is 342 g/mol. The summed E-state index contributed by atoms with van der Waals surface area (Å²) in [6.45, 7) is 8.20. The highest BCUT2D eigenvalue weighted by molar-refractivity contribution is 5.87. The van der Waals surface area contributed by atoms with Crippen LogP contribution in [-0.4, -0.2) is 43.3 Å². The van der Waals surface area contributed by atoms with E-state index in [9.17, 15) is 0 Å². The van der Waals surface area contributed by atoms with E-state index in [1.807, 2.05) is 0 Å². The summed E-state index contributed by atoms with van der Waals surface area (Å²) in [7, 11) is 4.32. The van der Waals surface area contributed by atoms with Crippen molar-refractivity contribution < 1.29 is 9.47 Å². The lowest BCUT2D eigenvalue weighted by molar-refractivity contribution is -0.110. The van der Waals surface area contributed by atoms with Gasteiger partial charge in [0.1, 0.15) is 11.4 Å². The predicted molar refractivity (Wildman–Crippen MR) is 101 cm³/mol. The fraction of sp³-hybridized carbons (Fsp3) is 0.619. The molecule has 0 bridgehead atoms. The maximum atomic E-state index is 6.43. The molecule has 2 aromatic rings. The third kappa shape index (κ3) is 2.67. The molecule has 0 fully saturated rings. The minimum Gasteiger partial charge on any atom is -0.494 e. The van der Waals surface area contributed by atoms with Crippen LogP contribution in [0.3, 0.4) is 0 Å². The van der Waals surface area contributed by atoms with Crippen LogP contribution in [0, 0.1) is 5.92 Å². The van der Waals surface area contributed by atoms with Crippen LogP contribution < -0.4 is 4.74 Å². The molecule has 2 atom stereocenters. The van der Waals surface area contributed by atoms with E-state index in [2.05, 4.69) is 55.6 Å². The molecule has 4 rings (SSSR count). The van der Waals surface area contributed by atoms with Crippen LogP contribution in [0.15, 0.2) is 18.2 Å². The zero-order chi connectivity index (χ0) is 17.6. The van der Waals surface area contributed by atoms with Gasteiger partial charge in [-0.15, -0.1) is 0 Å². The van der Waals surface area contributed by atoms with Gasteiger partial charge < -0.3 is 18.9 Å². The molecule has 0 spiro atoms. The molecule has 4 nitrogen and oxygen atoms in total. The van der Waals surface area contributed by atoms with Crippen molar-refractivity contribution in [3.63, 3.8) is 0 Å². The topological polar surface area (TPSA) is 26.6 Å². The molecule has 2 unspecified atom stereocenters. The number of hydrogen-bond acceptors (Lipinski definition) is 3. The molecule has 2 aliphatic heterocycles. The molecular formula is C21H30N2O2. The largest absolute Gasteiger partial charge is 0.494 e. The normalized spacial score (nSPS) is 25.4. The Balaban J connectivity index is 1.83. The van der Waals surface area contributed by atoms with Crippen molar-refractivity contribution in [1.82, 2.24) is 9.47 Å². The first kappa shape index (κ1) is 16.9. The van der Waals surface area contributed by atoms with Crippen LogP contribution in [0.4, 0.5) is 0 Å². The van der Waals surface area contributed by atoms with Gasteiger partial charge in [-0.3, -0.25) is 0 Å². The van der Waals surface area contributed by atoms with Crippen molar-refractivity contribution in [2.75, 3.05) is 33.9 Å². The first-order chi connectivity index (χ1) is 12.0. The fourth-order valence-electron chi connectivity index (χ4n) is 4.78. The number of benzene rings is 1. The fourth-order valence-corrected chi connectivity index (χ4v) is 4.78. The van der Waals surface area contributed by atoms with Gasteiger partial charge in [0.25, 0.3) is 0 Å². The molecule has 0 N–H and O–H groups in total. The number of rotatable bonds is 5. The number of hydrogen-bond donors (Lipinski definition) is 0. The number of nitrogens with zero attached hydrogens (tertiary/aromatic N) is 2. The van der Waals surface area contributed by atoms with Gasteiger partial charge in [0.05, 0.1) is 18.9 Å². The second-order valence-electron chi connectivity index (χ2n) is 7.96. The van der Waals surface area contributed by atoms with Crippen LogP contribution in [0.25, 0.3) is 10.9 Å². The van der Waals surface area contributed by atoms with Crippen molar-refractivity contribution in [2.45, 2.75) is 45.3 Å². The molecule has 25 heavy (non-hydrogen) atoms. The van der Waals surface area contributed by atoms with Gasteiger partial charge in [-0.25, -0.2) is 0 Å². The smallest absolute Gasteiger partial charge is 0.120 e. The molecule has 4 heteroatoms. The third-order valence-corrected chi connectivity index (χ3v) is 5.90.